The molecule has 7 rings (SSSR count). The maximum Gasteiger partial charge on any atom is 0.223 e. The van der Waals surface area contributed by atoms with Crippen LogP contribution in [0, 0.1) is 46.3 Å². The van der Waals surface area contributed by atoms with Gasteiger partial charge in [-0.3, -0.25) is 4.79 Å². The third-order valence-electron chi connectivity index (χ3n) is 13.8. The fourth-order valence-electron chi connectivity index (χ4n) is 11.3. The third-order valence-corrected chi connectivity index (χ3v) is 13.8. The van der Waals surface area contributed by atoms with Crippen molar-refractivity contribution in [3.05, 3.63) is 53.3 Å². The van der Waals surface area contributed by atoms with Gasteiger partial charge in [0.05, 0.1) is 17.9 Å². The minimum absolute atomic E-state index is 0.187. The minimum Gasteiger partial charge on any atom is -0.393 e. The average Bonchev–Trinajstić information content (AvgIpc) is 3.40. The summed E-state index contributed by atoms with van der Waals surface area (Å²) in [5.41, 5.74) is 3.81. The molecule has 1 aromatic heterocycles. The first-order chi connectivity index (χ1) is 21.7. The van der Waals surface area contributed by atoms with Crippen molar-refractivity contribution in [2.75, 3.05) is 11.9 Å². The summed E-state index contributed by atoms with van der Waals surface area (Å²) in [6.07, 6.45) is 12.4. The fraction of sp³-hybridized carbons (Fsp3) is 0.711. The number of hydrogen-bond acceptors (Lipinski definition) is 6. The number of carbonyl (C=O) groups is 1. The number of anilines is 1. The van der Waals surface area contributed by atoms with Crippen LogP contribution in [0.25, 0.3) is 0 Å². The minimum atomic E-state index is -0.236. The highest BCUT2D eigenvalue weighted by Gasteiger charge is 2.62. The molecule has 1 aliphatic heterocycles. The van der Waals surface area contributed by atoms with E-state index in [0.29, 0.717) is 61.0 Å². The SMILES string of the molecule is C[C@H](CCC(=O)N1CCc2nc(NCc3ccccc3)ncc2C1)[C@H]1CC[C@H]2[C@@H]3[C@@H](O)C[C@@H]4C[C@H](O)CC[C@]4(C)[C@H]3CC[C@]12C. The largest absolute Gasteiger partial charge is 0.393 e. The Morgan fingerprint density at radius 2 is 1.82 bits per heavy atom. The van der Waals surface area contributed by atoms with Gasteiger partial charge in [-0.15, -0.1) is 0 Å². The van der Waals surface area contributed by atoms with Gasteiger partial charge in [-0.25, -0.2) is 9.97 Å². The zero-order valence-electron chi connectivity index (χ0n) is 27.6. The summed E-state index contributed by atoms with van der Waals surface area (Å²) in [5.74, 6) is 4.00. The second kappa shape index (κ2) is 12.3. The van der Waals surface area contributed by atoms with Gasteiger partial charge in [0.1, 0.15) is 0 Å². The molecule has 7 heteroatoms. The molecule has 7 nitrogen and oxygen atoms in total. The van der Waals surface area contributed by atoms with Gasteiger partial charge in [0, 0.05) is 44.2 Å². The molecule has 10 atom stereocenters. The number of carbonyl (C=O) groups excluding carboxylic acids is 1. The van der Waals surface area contributed by atoms with Crippen molar-refractivity contribution < 1.29 is 15.0 Å². The Hall–Kier alpha value is -2.51. The first kappa shape index (κ1) is 31.1. The van der Waals surface area contributed by atoms with Gasteiger partial charge < -0.3 is 20.4 Å². The lowest BCUT2D eigenvalue weighted by molar-refractivity contribution is -0.174. The standard InChI is InChI=1S/C38H54N4O3/c1-24(9-12-34(45)42-18-15-32-26(23-42)22-40-36(41-32)39-21-25-7-5-4-6-8-25)29-10-11-30-35-31(14-17-38(29,30)3)37(2)16-13-28(43)19-27(37)20-33(35)44/h4-8,22,24,27-31,33,35,43-44H,9-21,23H2,1-3H3,(H,39,40,41)/t24-,27+,28-,29-,30+,31+,33+,35+,37+,38-/m1/s1. The first-order valence-electron chi connectivity index (χ1n) is 17.9. The summed E-state index contributed by atoms with van der Waals surface area (Å²) in [7, 11) is 0. The van der Waals surface area contributed by atoms with Gasteiger partial charge in [0.25, 0.3) is 0 Å². The highest BCUT2D eigenvalue weighted by atomic mass is 16.3. The van der Waals surface area contributed by atoms with Crippen molar-refractivity contribution in [2.24, 2.45) is 46.3 Å². The number of aliphatic hydroxyl groups excluding tert-OH is 2. The van der Waals surface area contributed by atoms with Gasteiger partial charge in [-0.2, -0.15) is 0 Å². The van der Waals surface area contributed by atoms with Crippen LogP contribution in [-0.4, -0.2) is 49.7 Å². The summed E-state index contributed by atoms with van der Waals surface area (Å²) >= 11 is 0. The van der Waals surface area contributed by atoms with Crippen molar-refractivity contribution in [3.63, 3.8) is 0 Å². The molecule has 4 fully saturated rings. The number of amides is 1. The van der Waals surface area contributed by atoms with Crippen molar-refractivity contribution >= 4 is 11.9 Å². The molecule has 4 saturated carbocycles. The molecule has 0 unspecified atom stereocenters. The zero-order valence-corrected chi connectivity index (χ0v) is 27.6. The zero-order chi connectivity index (χ0) is 31.3. The Kier molecular flexibility index (Phi) is 8.47. The van der Waals surface area contributed by atoms with E-state index in [-0.39, 0.29) is 28.9 Å². The van der Waals surface area contributed by atoms with Gasteiger partial charge >= 0.3 is 0 Å². The van der Waals surface area contributed by atoms with Crippen LogP contribution >= 0.6 is 0 Å². The summed E-state index contributed by atoms with van der Waals surface area (Å²) in [5, 5.41) is 25.3. The molecule has 0 bridgehead atoms. The molecule has 45 heavy (non-hydrogen) atoms. The summed E-state index contributed by atoms with van der Waals surface area (Å²) < 4.78 is 0. The number of aliphatic hydroxyl groups is 2. The monoisotopic (exact) mass is 614 g/mol. The molecule has 1 aromatic carbocycles. The summed E-state index contributed by atoms with van der Waals surface area (Å²) in [4.78, 5) is 24.8. The lowest BCUT2D eigenvalue weighted by Crippen LogP contribution is -2.58. The van der Waals surface area contributed by atoms with Gasteiger partial charge in [-0.1, -0.05) is 51.1 Å². The number of nitrogens with zero attached hydrogens (tertiary/aromatic N) is 3. The molecule has 5 aliphatic rings. The topological polar surface area (TPSA) is 98.6 Å². The van der Waals surface area contributed by atoms with E-state index >= 15 is 0 Å². The van der Waals surface area contributed by atoms with Gasteiger partial charge in [0.2, 0.25) is 11.9 Å². The molecule has 0 saturated heterocycles. The van der Waals surface area contributed by atoms with E-state index in [1.165, 1.54) is 31.2 Å². The normalized spacial score (nSPS) is 38.0. The van der Waals surface area contributed by atoms with Gasteiger partial charge in [-0.05, 0) is 110 Å². The van der Waals surface area contributed by atoms with E-state index in [0.717, 1.165) is 56.3 Å². The van der Waals surface area contributed by atoms with Crippen LogP contribution < -0.4 is 5.32 Å². The highest BCUT2D eigenvalue weighted by Crippen LogP contribution is 2.68. The third kappa shape index (κ3) is 5.71. The molecule has 1 amide bonds. The van der Waals surface area contributed by atoms with E-state index in [1.807, 2.05) is 29.3 Å². The predicted octanol–water partition coefficient (Wildman–Crippen LogP) is 6.38. The molecule has 0 spiro atoms. The predicted molar refractivity (Wildman–Crippen MR) is 176 cm³/mol. The quantitative estimate of drug-likeness (QED) is 0.335. The van der Waals surface area contributed by atoms with E-state index in [1.54, 1.807) is 0 Å². The molecule has 2 heterocycles. The van der Waals surface area contributed by atoms with Crippen LogP contribution in [-0.2, 0) is 24.3 Å². The maximum absolute atomic E-state index is 13.5. The molecular formula is C38H54N4O3. The van der Waals surface area contributed by atoms with Crippen LogP contribution in [0.3, 0.4) is 0 Å². The summed E-state index contributed by atoms with van der Waals surface area (Å²) in [6.45, 7) is 9.41. The second-order valence-electron chi connectivity index (χ2n) is 16.0. The Morgan fingerprint density at radius 3 is 2.64 bits per heavy atom. The molecule has 4 aliphatic carbocycles. The van der Waals surface area contributed by atoms with Crippen LogP contribution in [0.15, 0.2) is 36.5 Å². The Bertz CT molecular complexity index is 1370. The fourth-order valence-corrected chi connectivity index (χ4v) is 11.3. The number of aromatic nitrogens is 2. The Labute approximate surface area is 269 Å². The number of rotatable bonds is 7. The molecule has 0 radical (unpaired) electrons. The van der Waals surface area contributed by atoms with E-state index in [4.69, 9.17) is 4.98 Å². The lowest BCUT2D eigenvalue weighted by Gasteiger charge is -2.62. The average molecular weight is 615 g/mol. The van der Waals surface area contributed by atoms with Crippen LogP contribution in [0.4, 0.5) is 5.95 Å². The van der Waals surface area contributed by atoms with E-state index < -0.39 is 0 Å². The summed E-state index contributed by atoms with van der Waals surface area (Å²) in [6, 6.07) is 10.3. The van der Waals surface area contributed by atoms with Crippen LogP contribution in [0.2, 0.25) is 0 Å². The maximum atomic E-state index is 13.5. The van der Waals surface area contributed by atoms with Crippen LogP contribution in [0.5, 0.6) is 0 Å². The van der Waals surface area contributed by atoms with Crippen molar-refractivity contribution in [1.82, 2.24) is 14.9 Å². The number of hydrogen-bond donors (Lipinski definition) is 3. The smallest absolute Gasteiger partial charge is 0.223 e. The van der Waals surface area contributed by atoms with Crippen molar-refractivity contribution in [2.45, 2.75) is 117 Å². The van der Waals surface area contributed by atoms with Gasteiger partial charge in [0.15, 0.2) is 0 Å². The number of benzene rings is 1. The van der Waals surface area contributed by atoms with E-state index in [9.17, 15) is 15.0 Å². The van der Waals surface area contributed by atoms with Crippen molar-refractivity contribution in [1.29, 1.82) is 0 Å². The van der Waals surface area contributed by atoms with Crippen LogP contribution in [0.1, 0.15) is 102 Å². The number of nitrogens with one attached hydrogen (secondary N) is 1. The lowest BCUT2D eigenvalue weighted by atomic mass is 9.43. The highest BCUT2D eigenvalue weighted by molar-refractivity contribution is 5.76. The number of fused-ring (bicyclic) bond motifs is 6. The Morgan fingerprint density at radius 1 is 1.04 bits per heavy atom. The molecule has 2 aromatic rings. The molecule has 244 valence electrons. The molecule has 3 N–H and O–H groups in total. The van der Waals surface area contributed by atoms with Crippen molar-refractivity contribution in [3.8, 4) is 0 Å². The van der Waals surface area contributed by atoms with E-state index in [2.05, 4.69) is 43.2 Å². The second-order valence-corrected chi connectivity index (χ2v) is 16.0. The Balaban J connectivity index is 0.939. The first-order valence-corrected chi connectivity index (χ1v) is 17.9. The molecular weight excluding hydrogens is 560 g/mol.